The number of ketones is 1. The number of rotatable bonds is 9. The highest BCUT2D eigenvalue weighted by Gasteiger charge is 2.16. The molecule has 0 aromatic heterocycles. The van der Waals surface area contributed by atoms with Crippen LogP contribution in [-0.2, 0) is 20.7 Å². The first-order valence-electron chi connectivity index (χ1n) is 6.65. The van der Waals surface area contributed by atoms with Gasteiger partial charge in [0.15, 0.2) is 0 Å². The summed E-state index contributed by atoms with van der Waals surface area (Å²) in [4.78, 5) is 23.1. The van der Waals surface area contributed by atoms with Gasteiger partial charge in [0.1, 0.15) is 11.8 Å². The minimum atomic E-state index is -0.410. The van der Waals surface area contributed by atoms with Crippen LogP contribution in [0.1, 0.15) is 18.4 Å². The van der Waals surface area contributed by atoms with Crippen LogP contribution in [0.2, 0.25) is 0 Å². The van der Waals surface area contributed by atoms with Crippen molar-refractivity contribution in [2.45, 2.75) is 25.3 Å². The third kappa shape index (κ3) is 6.21. The van der Waals surface area contributed by atoms with Crippen LogP contribution in [0.4, 0.5) is 0 Å². The van der Waals surface area contributed by atoms with Crippen LogP contribution < -0.4 is 5.32 Å². The molecule has 0 fully saturated rings. The third-order valence-corrected chi connectivity index (χ3v) is 3.30. The van der Waals surface area contributed by atoms with E-state index in [1.165, 1.54) is 7.11 Å². The Morgan fingerprint density at radius 2 is 2.00 bits per heavy atom. The quantitative estimate of drug-likeness (QED) is 0.413. The van der Waals surface area contributed by atoms with Crippen molar-refractivity contribution < 1.29 is 14.3 Å². The van der Waals surface area contributed by atoms with Crippen LogP contribution in [0.3, 0.4) is 0 Å². The van der Waals surface area contributed by atoms with Crippen LogP contribution in [-0.4, -0.2) is 37.2 Å². The van der Waals surface area contributed by atoms with Crippen molar-refractivity contribution >= 4 is 24.4 Å². The van der Waals surface area contributed by atoms with Gasteiger partial charge < -0.3 is 10.1 Å². The van der Waals surface area contributed by atoms with Gasteiger partial charge in [-0.25, -0.2) is 0 Å². The van der Waals surface area contributed by atoms with Crippen LogP contribution >= 0.6 is 12.6 Å². The number of methoxy groups -OCH3 is 1. The van der Waals surface area contributed by atoms with E-state index < -0.39 is 6.04 Å². The summed E-state index contributed by atoms with van der Waals surface area (Å²) in [7, 11) is 1.35. The molecule has 0 bridgehead atoms. The molecule has 0 amide bonds. The number of hydrogen-bond donors (Lipinski definition) is 2. The number of esters is 1. The van der Waals surface area contributed by atoms with Gasteiger partial charge in [-0.1, -0.05) is 30.3 Å². The number of thiol groups is 1. The van der Waals surface area contributed by atoms with E-state index in [0.717, 1.165) is 5.56 Å². The lowest BCUT2D eigenvalue weighted by Gasteiger charge is -2.13. The molecule has 1 rings (SSSR count). The Morgan fingerprint density at radius 3 is 2.60 bits per heavy atom. The van der Waals surface area contributed by atoms with Crippen molar-refractivity contribution in [2.24, 2.45) is 0 Å². The average Bonchev–Trinajstić information content (AvgIpc) is 2.47. The third-order valence-electron chi connectivity index (χ3n) is 2.94. The maximum absolute atomic E-state index is 11.8. The summed E-state index contributed by atoms with van der Waals surface area (Å²) in [6.45, 7) is 0.598. The summed E-state index contributed by atoms with van der Waals surface area (Å²) in [5.41, 5.74) is 1.04. The molecule has 1 atom stereocenters. The normalized spacial score (nSPS) is 11.9. The van der Waals surface area contributed by atoms with Crippen molar-refractivity contribution in [2.75, 3.05) is 19.4 Å². The first-order valence-corrected chi connectivity index (χ1v) is 7.28. The molecule has 0 unspecified atom stereocenters. The van der Waals surface area contributed by atoms with Gasteiger partial charge in [-0.2, -0.15) is 12.6 Å². The summed E-state index contributed by atoms with van der Waals surface area (Å²) in [6, 6.07) is 9.28. The van der Waals surface area contributed by atoms with E-state index in [0.29, 0.717) is 31.6 Å². The van der Waals surface area contributed by atoms with Gasteiger partial charge >= 0.3 is 5.97 Å². The van der Waals surface area contributed by atoms with Crippen molar-refractivity contribution in [3.63, 3.8) is 0 Å². The molecule has 0 radical (unpaired) electrons. The fraction of sp³-hybridized carbons (Fsp3) is 0.467. The number of nitrogens with one attached hydrogen (secondary N) is 1. The molecular weight excluding hydrogens is 274 g/mol. The second-order valence-corrected chi connectivity index (χ2v) is 4.88. The monoisotopic (exact) mass is 295 g/mol. The fourth-order valence-corrected chi connectivity index (χ4v) is 2.12. The molecule has 5 heteroatoms. The molecule has 1 aromatic carbocycles. The molecule has 4 nitrogen and oxygen atoms in total. The van der Waals surface area contributed by atoms with Gasteiger partial charge in [0, 0.05) is 18.6 Å². The van der Waals surface area contributed by atoms with Crippen molar-refractivity contribution in [1.82, 2.24) is 5.32 Å². The second kappa shape index (κ2) is 9.55. The Morgan fingerprint density at radius 1 is 1.30 bits per heavy atom. The molecule has 0 aliphatic carbocycles. The number of carbonyl (C=O) groups excluding carboxylic acids is 2. The van der Waals surface area contributed by atoms with Crippen molar-refractivity contribution in [3.05, 3.63) is 35.9 Å². The van der Waals surface area contributed by atoms with Crippen molar-refractivity contribution in [3.8, 4) is 0 Å². The molecule has 110 valence electrons. The topological polar surface area (TPSA) is 55.4 Å². The molecule has 1 N–H and O–H groups in total. The molecule has 0 saturated heterocycles. The standard InChI is InChI=1S/C15H21NO3S/c1-19-15(18)14(11-20)16-9-5-8-13(17)10-12-6-3-2-4-7-12/h2-4,6-7,14,16,20H,5,8-11H2,1H3/t14-/m1/s1. The number of ether oxygens (including phenoxy) is 1. The highest BCUT2D eigenvalue weighted by atomic mass is 32.1. The van der Waals surface area contributed by atoms with Crippen LogP contribution in [0, 0.1) is 0 Å². The summed E-state index contributed by atoms with van der Waals surface area (Å²) < 4.78 is 4.64. The van der Waals surface area contributed by atoms with E-state index >= 15 is 0 Å². The van der Waals surface area contributed by atoms with E-state index in [-0.39, 0.29) is 11.8 Å². The zero-order chi connectivity index (χ0) is 14.8. The van der Waals surface area contributed by atoms with Gasteiger partial charge in [-0.05, 0) is 18.5 Å². The van der Waals surface area contributed by atoms with Crippen LogP contribution in [0.25, 0.3) is 0 Å². The van der Waals surface area contributed by atoms with E-state index in [1.54, 1.807) is 0 Å². The Labute approximate surface area is 125 Å². The van der Waals surface area contributed by atoms with E-state index in [4.69, 9.17) is 0 Å². The van der Waals surface area contributed by atoms with E-state index in [9.17, 15) is 9.59 Å². The molecule has 0 saturated carbocycles. The number of carbonyl (C=O) groups is 2. The predicted octanol–water partition coefficient (Wildman–Crippen LogP) is 1.64. The number of hydrogen-bond acceptors (Lipinski definition) is 5. The smallest absolute Gasteiger partial charge is 0.323 e. The molecule has 20 heavy (non-hydrogen) atoms. The summed E-state index contributed by atoms with van der Waals surface area (Å²) in [5, 5.41) is 3.04. The fourth-order valence-electron chi connectivity index (χ4n) is 1.84. The summed E-state index contributed by atoms with van der Waals surface area (Å²) in [6.07, 6.45) is 1.67. The molecule has 0 spiro atoms. The maximum atomic E-state index is 11.8. The minimum Gasteiger partial charge on any atom is -0.468 e. The van der Waals surface area contributed by atoms with E-state index in [2.05, 4.69) is 22.7 Å². The lowest BCUT2D eigenvalue weighted by Crippen LogP contribution is -2.39. The van der Waals surface area contributed by atoms with Gasteiger partial charge in [0.2, 0.25) is 0 Å². The highest BCUT2D eigenvalue weighted by Crippen LogP contribution is 2.03. The average molecular weight is 295 g/mol. The predicted molar refractivity (Wildman–Crippen MR) is 82.0 cm³/mol. The van der Waals surface area contributed by atoms with Crippen LogP contribution in [0.15, 0.2) is 30.3 Å². The highest BCUT2D eigenvalue weighted by molar-refractivity contribution is 7.80. The lowest BCUT2D eigenvalue weighted by atomic mass is 10.1. The Balaban J connectivity index is 2.20. The Kier molecular flexibility index (Phi) is 7.99. The van der Waals surface area contributed by atoms with E-state index in [1.807, 2.05) is 30.3 Å². The minimum absolute atomic E-state index is 0.207. The summed E-state index contributed by atoms with van der Waals surface area (Å²) in [5.74, 6) is 0.263. The van der Waals surface area contributed by atoms with Gasteiger partial charge in [0.25, 0.3) is 0 Å². The first-order chi connectivity index (χ1) is 9.67. The number of benzene rings is 1. The molecule has 0 heterocycles. The van der Waals surface area contributed by atoms with Gasteiger partial charge in [-0.3, -0.25) is 9.59 Å². The Hall–Kier alpha value is -1.33. The largest absolute Gasteiger partial charge is 0.468 e. The zero-order valence-electron chi connectivity index (χ0n) is 11.7. The van der Waals surface area contributed by atoms with Crippen LogP contribution in [0.5, 0.6) is 0 Å². The molecule has 1 aromatic rings. The Bertz CT molecular complexity index is 422. The van der Waals surface area contributed by atoms with Crippen molar-refractivity contribution in [1.29, 1.82) is 0 Å². The van der Waals surface area contributed by atoms with Gasteiger partial charge in [0.05, 0.1) is 7.11 Å². The SMILES string of the molecule is COC(=O)[C@@H](CS)NCCCC(=O)Cc1ccccc1. The molecule has 0 aliphatic rings. The molecule has 0 aliphatic heterocycles. The lowest BCUT2D eigenvalue weighted by molar-refractivity contribution is -0.142. The summed E-state index contributed by atoms with van der Waals surface area (Å²) >= 11 is 4.09. The maximum Gasteiger partial charge on any atom is 0.323 e. The number of Topliss-reactive ketones (excluding diaryl/α,β-unsaturated/α-hetero) is 1. The van der Waals surface area contributed by atoms with Gasteiger partial charge in [-0.15, -0.1) is 0 Å². The molecular formula is C15H21NO3S. The first kappa shape index (κ1) is 16.7. The zero-order valence-corrected chi connectivity index (χ0v) is 12.6. The second-order valence-electron chi connectivity index (χ2n) is 4.52.